The van der Waals surface area contributed by atoms with Gasteiger partial charge in [-0.05, 0) is 33.3 Å². The minimum absolute atomic E-state index is 0.0888. The molecule has 0 fully saturated rings. The van der Waals surface area contributed by atoms with Crippen molar-refractivity contribution in [2.45, 2.75) is 66.0 Å². The van der Waals surface area contributed by atoms with Crippen molar-refractivity contribution in [1.29, 1.82) is 0 Å². The van der Waals surface area contributed by atoms with E-state index in [4.69, 9.17) is 9.15 Å². The minimum Gasteiger partial charge on any atom is -0.469 e. The molecule has 2 rings (SSSR count). The standard InChI is InChI=1S/C18H29NO3/c1-5-7-8-16(18(3,4)17(20)21-6-2)19-11-9-15-14(13-19)10-12-22-15/h10,12,16H,5-9,11,13H2,1-4H3. The van der Waals surface area contributed by atoms with Gasteiger partial charge in [0.05, 0.1) is 18.3 Å². The summed E-state index contributed by atoms with van der Waals surface area (Å²) in [6, 6.07) is 2.25. The first-order chi connectivity index (χ1) is 10.5. The number of unbranched alkanes of at least 4 members (excludes halogenated alkanes) is 1. The van der Waals surface area contributed by atoms with E-state index in [1.54, 1.807) is 6.26 Å². The molecule has 1 atom stereocenters. The van der Waals surface area contributed by atoms with Crippen molar-refractivity contribution >= 4 is 5.97 Å². The number of ether oxygens (including phenoxy) is 1. The molecule has 0 saturated heterocycles. The highest BCUT2D eigenvalue weighted by molar-refractivity contribution is 5.76. The van der Waals surface area contributed by atoms with Gasteiger partial charge >= 0.3 is 5.97 Å². The molecule has 0 spiro atoms. The summed E-state index contributed by atoms with van der Waals surface area (Å²) < 4.78 is 10.8. The molecule has 1 aliphatic rings. The zero-order chi connectivity index (χ0) is 16.2. The molecule has 4 heteroatoms. The maximum absolute atomic E-state index is 12.4. The van der Waals surface area contributed by atoms with Crippen molar-refractivity contribution in [2.75, 3.05) is 13.2 Å². The first-order valence-electron chi connectivity index (χ1n) is 8.47. The average Bonchev–Trinajstić information content (AvgIpc) is 2.95. The normalized spacial score (nSPS) is 17.1. The van der Waals surface area contributed by atoms with Crippen LogP contribution in [-0.4, -0.2) is 30.1 Å². The van der Waals surface area contributed by atoms with Crippen LogP contribution in [0.2, 0.25) is 0 Å². The highest BCUT2D eigenvalue weighted by Crippen LogP contribution is 2.34. The number of esters is 1. The van der Waals surface area contributed by atoms with Crippen molar-refractivity contribution in [2.24, 2.45) is 5.41 Å². The summed E-state index contributed by atoms with van der Waals surface area (Å²) in [5, 5.41) is 0. The fraction of sp³-hybridized carbons (Fsp3) is 0.722. The summed E-state index contributed by atoms with van der Waals surface area (Å²) in [4.78, 5) is 14.9. The molecule has 1 aromatic rings. The zero-order valence-electron chi connectivity index (χ0n) is 14.4. The maximum Gasteiger partial charge on any atom is 0.313 e. The summed E-state index contributed by atoms with van der Waals surface area (Å²) in [5.74, 6) is 1.01. The molecule has 1 aliphatic heterocycles. The average molecular weight is 307 g/mol. The third kappa shape index (κ3) is 3.54. The van der Waals surface area contributed by atoms with Gasteiger partial charge in [-0.25, -0.2) is 0 Å². The van der Waals surface area contributed by atoms with Crippen LogP contribution in [0.3, 0.4) is 0 Å². The van der Waals surface area contributed by atoms with Crippen LogP contribution in [0.25, 0.3) is 0 Å². The van der Waals surface area contributed by atoms with Gasteiger partial charge in [0.2, 0.25) is 0 Å². The zero-order valence-corrected chi connectivity index (χ0v) is 14.4. The first-order valence-corrected chi connectivity index (χ1v) is 8.47. The molecule has 0 bridgehead atoms. The van der Waals surface area contributed by atoms with Gasteiger partial charge in [0.1, 0.15) is 5.76 Å². The van der Waals surface area contributed by atoms with Crippen molar-refractivity contribution in [3.05, 3.63) is 23.7 Å². The second-order valence-electron chi connectivity index (χ2n) is 6.69. The van der Waals surface area contributed by atoms with Crippen molar-refractivity contribution in [3.8, 4) is 0 Å². The van der Waals surface area contributed by atoms with Crippen LogP contribution in [0, 0.1) is 5.41 Å². The van der Waals surface area contributed by atoms with Crippen LogP contribution in [0.1, 0.15) is 58.3 Å². The molecule has 0 amide bonds. The largest absolute Gasteiger partial charge is 0.469 e. The van der Waals surface area contributed by atoms with Crippen LogP contribution in [0.15, 0.2) is 16.7 Å². The molecule has 1 unspecified atom stereocenters. The fourth-order valence-corrected chi connectivity index (χ4v) is 3.39. The first kappa shape index (κ1) is 17.1. The highest BCUT2D eigenvalue weighted by atomic mass is 16.5. The van der Waals surface area contributed by atoms with Crippen molar-refractivity contribution in [1.82, 2.24) is 4.90 Å². The van der Waals surface area contributed by atoms with Crippen LogP contribution in [-0.2, 0) is 22.5 Å². The van der Waals surface area contributed by atoms with Gasteiger partial charge < -0.3 is 9.15 Å². The van der Waals surface area contributed by atoms with E-state index in [9.17, 15) is 4.79 Å². The molecule has 0 radical (unpaired) electrons. The third-order valence-electron chi connectivity index (χ3n) is 4.74. The molecule has 124 valence electrons. The Hall–Kier alpha value is -1.29. The molecule has 22 heavy (non-hydrogen) atoms. The summed E-state index contributed by atoms with van der Waals surface area (Å²) in [5.41, 5.74) is 0.763. The summed E-state index contributed by atoms with van der Waals surface area (Å²) >= 11 is 0. The smallest absolute Gasteiger partial charge is 0.313 e. The number of nitrogens with zero attached hydrogens (tertiary/aromatic N) is 1. The number of rotatable bonds is 7. The molecule has 0 aliphatic carbocycles. The predicted molar refractivity (Wildman–Crippen MR) is 86.5 cm³/mol. The number of hydrogen-bond donors (Lipinski definition) is 0. The summed E-state index contributed by atoms with van der Waals surface area (Å²) in [6.07, 6.45) is 5.98. The van der Waals surface area contributed by atoms with E-state index in [1.807, 2.05) is 20.8 Å². The van der Waals surface area contributed by atoms with Crippen LogP contribution < -0.4 is 0 Å². The molecule has 2 heterocycles. The Morgan fingerprint density at radius 1 is 1.45 bits per heavy atom. The van der Waals surface area contributed by atoms with Gasteiger partial charge in [0, 0.05) is 31.1 Å². The number of furan rings is 1. The van der Waals surface area contributed by atoms with Crippen LogP contribution in [0.5, 0.6) is 0 Å². The number of carbonyl (C=O) groups is 1. The second-order valence-corrected chi connectivity index (χ2v) is 6.69. The van der Waals surface area contributed by atoms with Gasteiger partial charge in [-0.2, -0.15) is 0 Å². The quantitative estimate of drug-likeness (QED) is 0.719. The van der Waals surface area contributed by atoms with E-state index >= 15 is 0 Å². The molecular weight excluding hydrogens is 278 g/mol. The van der Waals surface area contributed by atoms with Gasteiger partial charge in [0.25, 0.3) is 0 Å². The molecular formula is C18H29NO3. The lowest BCUT2D eigenvalue weighted by atomic mass is 9.79. The number of hydrogen-bond acceptors (Lipinski definition) is 4. The van der Waals surface area contributed by atoms with Crippen LogP contribution >= 0.6 is 0 Å². The SMILES string of the molecule is CCCCC(N1CCc2occc2C1)C(C)(C)C(=O)OCC. The van der Waals surface area contributed by atoms with Crippen LogP contribution in [0.4, 0.5) is 0 Å². The van der Waals surface area contributed by atoms with Crippen molar-refractivity contribution < 1.29 is 13.9 Å². The minimum atomic E-state index is -0.494. The Bertz CT molecular complexity index is 492. The highest BCUT2D eigenvalue weighted by Gasteiger charge is 2.42. The molecule has 1 aromatic heterocycles. The Labute approximate surface area is 133 Å². The Balaban J connectivity index is 2.17. The van der Waals surface area contributed by atoms with E-state index in [1.165, 1.54) is 5.56 Å². The molecule has 0 saturated carbocycles. The molecule has 0 aromatic carbocycles. The number of carbonyl (C=O) groups excluding carboxylic acids is 1. The van der Waals surface area contributed by atoms with Gasteiger partial charge in [-0.3, -0.25) is 9.69 Å². The topological polar surface area (TPSA) is 42.7 Å². The summed E-state index contributed by atoms with van der Waals surface area (Å²) in [6.45, 7) is 10.4. The predicted octanol–water partition coefficient (Wildman–Crippen LogP) is 3.79. The van der Waals surface area contributed by atoms with E-state index in [2.05, 4.69) is 17.9 Å². The molecule has 4 nitrogen and oxygen atoms in total. The Kier molecular flexibility index (Phi) is 5.68. The second kappa shape index (κ2) is 7.32. The van der Waals surface area contributed by atoms with E-state index in [0.29, 0.717) is 6.61 Å². The monoisotopic (exact) mass is 307 g/mol. The van der Waals surface area contributed by atoms with E-state index in [0.717, 1.165) is 44.5 Å². The van der Waals surface area contributed by atoms with E-state index < -0.39 is 5.41 Å². The lowest BCUT2D eigenvalue weighted by molar-refractivity contribution is -0.158. The van der Waals surface area contributed by atoms with Gasteiger partial charge in [-0.1, -0.05) is 19.8 Å². The fourth-order valence-electron chi connectivity index (χ4n) is 3.39. The van der Waals surface area contributed by atoms with E-state index in [-0.39, 0.29) is 12.0 Å². The molecule has 0 N–H and O–H groups in total. The maximum atomic E-state index is 12.4. The van der Waals surface area contributed by atoms with Crippen molar-refractivity contribution in [3.63, 3.8) is 0 Å². The number of fused-ring (bicyclic) bond motifs is 1. The third-order valence-corrected chi connectivity index (χ3v) is 4.74. The van der Waals surface area contributed by atoms with Gasteiger partial charge in [-0.15, -0.1) is 0 Å². The Morgan fingerprint density at radius 3 is 2.91 bits per heavy atom. The lowest BCUT2D eigenvalue weighted by Gasteiger charge is -2.42. The Morgan fingerprint density at radius 2 is 2.23 bits per heavy atom. The van der Waals surface area contributed by atoms with Gasteiger partial charge in [0.15, 0.2) is 0 Å². The summed E-state index contributed by atoms with van der Waals surface area (Å²) in [7, 11) is 0. The lowest BCUT2D eigenvalue weighted by Crippen LogP contribution is -2.51.